The standard InChI is InChI=1S/C15H18BrFN2O4/c1-8(2)5-12(15(22)23)19-13(20)7-18-14(21)9-3-4-10(16)11(17)6-9/h3-4,6,8,12H,5,7H2,1-2H3,(H,18,21)(H,19,20)(H,22,23)/t12-/m0/s1. The number of rotatable bonds is 7. The Morgan fingerprint density at radius 2 is 1.96 bits per heavy atom. The Hall–Kier alpha value is -1.96. The van der Waals surface area contributed by atoms with Crippen molar-refractivity contribution in [2.75, 3.05) is 6.54 Å². The molecule has 126 valence electrons. The highest BCUT2D eigenvalue weighted by atomic mass is 79.9. The molecule has 0 heterocycles. The highest BCUT2D eigenvalue weighted by Gasteiger charge is 2.21. The van der Waals surface area contributed by atoms with E-state index in [0.29, 0.717) is 0 Å². The molecule has 8 heteroatoms. The van der Waals surface area contributed by atoms with E-state index in [2.05, 4.69) is 26.6 Å². The zero-order valence-corrected chi connectivity index (χ0v) is 14.3. The second kappa shape index (κ2) is 8.61. The van der Waals surface area contributed by atoms with Crippen molar-refractivity contribution in [3.05, 3.63) is 34.1 Å². The first-order valence-corrected chi connectivity index (χ1v) is 7.75. The fourth-order valence-electron chi connectivity index (χ4n) is 1.84. The van der Waals surface area contributed by atoms with Gasteiger partial charge < -0.3 is 15.7 Å². The quantitative estimate of drug-likeness (QED) is 0.664. The van der Waals surface area contributed by atoms with Gasteiger partial charge in [-0.25, -0.2) is 9.18 Å². The second-order valence-electron chi connectivity index (χ2n) is 5.40. The van der Waals surface area contributed by atoms with Gasteiger partial charge in [0.2, 0.25) is 5.91 Å². The van der Waals surface area contributed by atoms with E-state index in [0.717, 1.165) is 6.07 Å². The van der Waals surface area contributed by atoms with Crippen molar-refractivity contribution >= 4 is 33.7 Å². The number of halogens is 2. The number of benzene rings is 1. The summed E-state index contributed by atoms with van der Waals surface area (Å²) in [4.78, 5) is 34.6. The van der Waals surface area contributed by atoms with Crippen molar-refractivity contribution in [3.8, 4) is 0 Å². The maximum atomic E-state index is 13.3. The molecule has 0 aromatic heterocycles. The molecular formula is C15H18BrFN2O4. The molecule has 0 aliphatic carbocycles. The number of aliphatic carboxylic acids is 1. The minimum Gasteiger partial charge on any atom is -0.480 e. The Balaban J connectivity index is 2.56. The maximum absolute atomic E-state index is 13.3. The summed E-state index contributed by atoms with van der Waals surface area (Å²) in [5.41, 5.74) is 0.0652. The Labute approximate surface area is 141 Å². The summed E-state index contributed by atoms with van der Waals surface area (Å²) in [5, 5.41) is 13.7. The summed E-state index contributed by atoms with van der Waals surface area (Å²) in [6.07, 6.45) is 0.285. The zero-order chi connectivity index (χ0) is 17.6. The molecule has 1 rings (SSSR count). The van der Waals surface area contributed by atoms with Crippen LogP contribution in [0.4, 0.5) is 4.39 Å². The van der Waals surface area contributed by atoms with Crippen LogP contribution < -0.4 is 10.6 Å². The lowest BCUT2D eigenvalue weighted by atomic mass is 10.0. The minimum atomic E-state index is -1.13. The SMILES string of the molecule is CC(C)C[C@H](NC(=O)CNC(=O)c1ccc(Br)c(F)c1)C(=O)O. The molecule has 0 unspecified atom stereocenters. The van der Waals surface area contributed by atoms with Gasteiger partial charge in [0.25, 0.3) is 5.91 Å². The van der Waals surface area contributed by atoms with E-state index in [4.69, 9.17) is 5.11 Å². The molecule has 2 amide bonds. The van der Waals surface area contributed by atoms with E-state index in [1.54, 1.807) is 0 Å². The van der Waals surface area contributed by atoms with Crippen molar-refractivity contribution in [2.24, 2.45) is 5.92 Å². The molecule has 0 saturated carbocycles. The summed E-state index contributed by atoms with van der Waals surface area (Å²) >= 11 is 2.97. The third kappa shape index (κ3) is 6.35. The van der Waals surface area contributed by atoms with E-state index in [1.807, 2.05) is 13.8 Å². The molecule has 23 heavy (non-hydrogen) atoms. The second-order valence-corrected chi connectivity index (χ2v) is 6.25. The Kier molecular flexibility index (Phi) is 7.15. The van der Waals surface area contributed by atoms with Crippen molar-refractivity contribution in [1.82, 2.24) is 10.6 Å². The minimum absolute atomic E-state index is 0.0652. The van der Waals surface area contributed by atoms with Gasteiger partial charge in [-0.15, -0.1) is 0 Å². The van der Waals surface area contributed by atoms with Gasteiger partial charge in [0.15, 0.2) is 0 Å². The highest BCUT2D eigenvalue weighted by molar-refractivity contribution is 9.10. The van der Waals surface area contributed by atoms with Crippen LogP contribution in [0.2, 0.25) is 0 Å². The van der Waals surface area contributed by atoms with Crippen LogP contribution in [0.15, 0.2) is 22.7 Å². The molecule has 1 aromatic carbocycles. The first kappa shape index (κ1) is 19.1. The van der Waals surface area contributed by atoms with Crippen LogP contribution in [0.1, 0.15) is 30.6 Å². The summed E-state index contributed by atoms with van der Waals surface area (Å²) < 4.78 is 13.6. The number of hydrogen-bond acceptors (Lipinski definition) is 3. The summed E-state index contributed by atoms with van der Waals surface area (Å²) in [6, 6.07) is 2.81. The summed E-state index contributed by atoms with van der Waals surface area (Å²) in [7, 11) is 0. The van der Waals surface area contributed by atoms with Crippen LogP contribution in [0.5, 0.6) is 0 Å². The van der Waals surface area contributed by atoms with Gasteiger partial charge in [-0.1, -0.05) is 13.8 Å². The number of carboxylic acid groups (broad SMARTS) is 1. The Bertz CT molecular complexity index is 607. The highest BCUT2D eigenvalue weighted by Crippen LogP contribution is 2.16. The molecule has 1 aromatic rings. The van der Waals surface area contributed by atoms with E-state index in [9.17, 15) is 18.8 Å². The molecule has 0 aliphatic rings. The first-order valence-electron chi connectivity index (χ1n) is 6.96. The zero-order valence-electron chi connectivity index (χ0n) is 12.7. The topological polar surface area (TPSA) is 95.5 Å². The van der Waals surface area contributed by atoms with E-state index >= 15 is 0 Å². The predicted molar refractivity (Wildman–Crippen MR) is 85.5 cm³/mol. The third-order valence-corrected chi connectivity index (χ3v) is 3.57. The van der Waals surface area contributed by atoms with Crippen LogP contribution in [0.3, 0.4) is 0 Å². The lowest BCUT2D eigenvalue weighted by molar-refractivity contribution is -0.142. The normalized spacial score (nSPS) is 11.9. The number of carboxylic acids is 1. The van der Waals surface area contributed by atoms with Crippen molar-refractivity contribution in [3.63, 3.8) is 0 Å². The average Bonchev–Trinajstić information content (AvgIpc) is 2.46. The first-order chi connectivity index (χ1) is 10.7. The van der Waals surface area contributed by atoms with Crippen LogP contribution in [-0.2, 0) is 9.59 Å². The molecular weight excluding hydrogens is 371 g/mol. The monoisotopic (exact) mass is 388 g/mol. The molecule has 0 aliphatic heterocycles. The van der Waals surface area contributed by atoms with Crippen molar-refractivity contribution in [2.45, 2.75) is 26.3 Å². The van der Waals surface area contributed by atoms with Crippen LogP contribution in [0.25, 0.3) is 0 Å². The molecule has 0 saturated heterocycles. The van der Waals surface area contributed by atoms with Gasteiger partial charge in [0.1, 0.15) is 11.9 Å². The molecule has 0 radical (unpaired) electrons. The molecule has 0 spiro atoms. The number of nitrogens with one attached hydrogen (secondary N) is 2. The Morgan fingerprint density at radius 3 is 2.48 bits per heavy atom. The predicted octanol–water partition coefficient (Wildman–Crippen LogP) is 1.93. The van der Waals surface area contributed by atoms with Gasteiger partial charge in [0.05, 0.1) is 11.0 Å². The number of carbonyl (C=O) groups excluding carboxylic acids is 2. The molecule has 3 N–H and O–H groups in total. The number of hydrogen-bond donors (Lipinski definition) is 3. The average molecular weight is 389 g/mol. The molecule has 6 nitrogen and oxygen atoms in total. The number of carbonyl (C=O) groups is 3. The van der Waals surface area contributed by atoms with E-state index in [-0.39, 0.29) is 22.4 Å². The molecule has 0 bridgehead atoms. The van der Waals surface area contributed by atoms with Crippen molar-refractivity contribution in [1.29, 1.82) is 0 Å². The number of amides is 2. The van der Waals surface area contributed by atoms with Crippen LogP contribution in [0, 0.1) is 11.7 Å². The third-order valence-electron chi connectivity index (χ3n) is 2.93. The lowest BCUT2D eigenvalue weighted by Gasteiger charge is -2.16. The van der Waals surface area contributed by atoms with Gasteiger partial charge in [-0.2, -0.15) is 0 Å². The molecule has 0 fully saturated rings. The fraction of sp³-hybridized carbons (Fsp3) is 0.400. The maximum Gasteiger partial charge on any atom is 0.326 e. The summed E-state index contributed by atoms with van der Waals surface area (Å²) in [6.45, 7) is 3.29. The van der Waals surface area contributed by atoms with Gasteiger partial charge in [0, 0.05) is 5.56 Å². The molecule has 1 atom stereocenters. The van der Waals surface area contributed by atoms with Crippen LogP contribution in [-0.4, -0.2) is 35.5 Å². The fourth-order valence-corrected chi connectivity index (χ4v) is 2.08. The van der Waals surface area contributed by atoms with E-state index in [1.165, 1.54) is 12.1 Å². The summed E-state index contributed by atoms with van der Waals surface area (Å²) in [5.74, 6) is -2.87. The van der Waals surface area contributed by atoms with E-state index < -0.39 is 36.2 Å². The Morgan fingerprint density at radius 1 is 1.30 bits per heavy atom. The smallest absolute Gasteiger partial charge is 0.326 e. The van der Waals surface area contributed by atoms with Gasteiger partial charge in [-0.3, -0.25) is 9.59 Å². The van der Waals surface area contributed by atoms with Crippen LogP contribution >= 0.6 is 15.9 Å². The largest absolute Gasteiger partial charge is 0.480 e. The van der Waals surface area contributed by atoms with Gasteiger partial charge >= 0.3 is 5.97 Å². The van der Waals surface area contributed by atoms with Crippen molar-refractivity contribution < 1.29 is 23.9 Å². The lowest BCUT2D eigenvalue weighted by Crippen LogP contribution is -2.46. The van der Waals surface area contributed by atoms with Gasteiger partial charge in [-0.05, 0) is 46.5 Å².